The van der Waals surface area contributed by atoms with Gasteiger partial charge in [0.1, 0.15) is 23.2 Å². The van der Waals surface area contributed by atoms with E-state index in [2.05, 4.69) is 0 Å². The van der Waals surface area contributed by atoms with Crippen LogP contribution in [0.3, 0.4) is 0 Å². The van der Waals surface area contributed by atoms with Crippen LogP contribution in [0.15, 0.2) is 51.7 Å². The van der Waals surface area contributed by atoms with E-state index < -0.39 is 42.0 Å². The van der Waals surface area contributed by atoms with Crippen LogP contribution in [-0.2, 0) is 25.4 Å². The van der Waals surface area contributed by atoms with Crippen LogP contribution < -0.4 is 15.1 Å². The third-order valence-electron chi connectivity index (χ3n) is 6.89. The molecule has 3 heterocycles. The van der Waals surface area contributed by atoms with Crippen molar-refractivity contribution >= 4 is 22.9 Å². The number of ether oxygens (including phenoxy) is 6. The maximum absolute atomic E-state index is 12.9. The van der Waals surface area contributed by atoms with Crippen LogP contribution in [-0.4, -0.2) is 56.4 Å². The summed E-state index contributed by atoms with van der Waals surface area (Å²) >= 11 is 0. The van der Waals surface area contributed by atoms with E-state index >= 15 is 0 Å². The quantitative estimate of drug-likeness (QED) is 0.255. The Hall–Kier alpha value is -3.89. The first kappa shape index (κ1) is 25.7. The van der Waals surface area contributed by atoms with Crippen molar-refractivity contribution in [2.24, 2.45) is 0 Å². The van der Waals surface area contributed by atoms with Crippen molar-refractivity contribution < 1.29 is 42.4 Å². The number of Topliss-reactive ketones (excluding diaryl/α,β-unsaturated/α-hetero) is 1. The molecular weight excluding hydrogens is 496 g/mol. The lowest BCUT2D eigenvalue weighted by molar-refractivity contribution is -0.282. The van der Waals surface area contributed by atoms with Crippen LogP contribution in [0, 0.1) is 6.92 Å². The number of carbonyl (C=O) groups excluding carboxylic acids is 2. The van der Waals surface area contributed by atoms with Crippen LogP contribution in [0.2, 0.25) is 0 Å². The molecule has 0 saturated carbocycles. The monoisotopic (exact) mass is 524 g/mol. The Labute approximate surface area is 218 Å². The van der Waals surface area contributed by atoms with Crippen LogP contribution in [0.1, 0.15) is 35.3 Å². The summed E-state index contributed by atoms with van der Waals surface area (Å²) in [6.07, 6.45) is -4.10. The minimum absolute atomic E-state index is 0.143. The van der Waals surface area contributed by atoms with E-state index in [0.717, 1.165) is 0 Å². The molecular formula is C28H28O10. The van der Waals surface area contributed by atoms with Gasteiger partial charge in [0.2, 0.25) is 12.4 Å². The number of aryl methyl sites for hydroxylation is 1. The highest BCUT2D eigenvalue weighted by molar-refractivity contribution is 6.00. The Morgan fingerprint density at radius 3 is 2.47 bits per heavy atom. The average Bonchev–Trinajstić information content (AvgIpc) is 3.27. The number of ketones is 1. The third-order valence-corrected chi connectivity index (χ3v) is 6.89. The molecule has 0 spiro atoms. The molecule has 3 aromatic rings. The van der Waals surface area contributed by atoms with Crippen molar-refractivity contribution in [1.82, 2.24) is 0 Å². The summed E-state index contributed by atoms with van der Waals surface area (Å²) in [6, 6.07) is 11.9. The minimum atomic E-state index is -0.992. The lowest BCUT2D eigenvalue weighted by Gasteiger charge is -2.45. The van der Waals surface area contributed by atoms with Crippen LogP contribution in [0.4, 0.5) is 4.79 Å². The molecule has 1 aromatic heterocycles. The number of benzene rings is 2. The molecule has 0 N–H and O–H groups in total. The van der Waals surface area contributed by atoms with Crippen molar-refractivity contribution in [3.8, 4) is 11.5 Å². The molecule has 4 atom stereocenters. The van der Waals surface area contributed by atoms with Crippen molar-refractivity contribution in [2.75, 3.05) is 14.2 Å². The molecule has 2 aromatic carbocycles. The number of fused-ring (bicyclic) bond motifs is 2. The lowest BCUT2D eigenvalue weighted by atomic mass is 9.89. The number of hydrogen-bond acceptors (Lipinski definition) is 10. The van der Waals surface area contributed by atoms with Gasteiger partial charge in [-0.1, -0.05) is 12.1 Å². The number of methoxy groups -OCH3 is 2. The predicted octanol–water partition coefficient (Wildman–Crippen LogP) is 3.97. The number of carbonyl (C=O) groups is 2. The Bertz CT molecular complexity index is 1460. The summed E-state index contributed by atoms with van der Waals surface area (Å²) in [5.41, 5.74) is -0.0226. The SMILES string of the molecule is COc1ccccc1C(=O)Cc1cc2ccc(O[C@@H]3OC(C)(C)[C@H](OC)[C@H]4OC(=O)O[C@@H]34)c(C)c2oc1=O. The van der Waals surface area contributed by atoms with Gasteiger partial charge in [-0.3, -0.25) is 4.79 Å². The van der Waals surface area contributed by atoms with E-state index in [-0.39, 0.29) is 17.8 Å². The zero-order valence-electron chi connectivity index (χ0n) is 21.6. The lowest BCUT2D eigenvalue weighted by Crippen LogP contribution is -2.62. The second-order valence-electron chi connectivity index (χ2n) is 9.75. The maximum Gasteiger partial charge on any atom is 0.509 e. The summed E-state index contributed by atoms with van der Waals surface area (Å²) in [5.74, 6) is 0.544. The van der Waals surface area contributed by atoms with E-state index in [1.807, 2.05) is 0 Å². The van der Waals surface area contributed by atoms with Gasteiger partial charge < -0.3 is 32.8 Å². The largest absolute Gasteiger partial charge is 0.509 e. The van der Waals surface area contributed by atoms with Gasteiger partial charge in [0.05, 0.1) is 18.3 Å². The Morgan fingerprint density at radius 1 is 1.00 bits per heavy atom. The van der Waals surface area contributed by atoms with E-state index in [4.69, 9.17) is 32.8 Å². The van der Waals surface area contributed by atoms with E-state index in [0.29, 0.717) is 33.6 Å². The third kappa shape index (κ3) is 4.50. The summed E-state index contributed by atoms with van der Waals surface area (Å²) in [6.45, 7) is 5.35. The van der Waals surface area contributed by atoms with Crippen molar-refractivity contribution in [3.63, 3.8) is 0 Å². The highest BCUT2D eigenvalue weighted by atomic mass is 16.8. The molecule has 38 heavy (non-hydrogen) atoms. The van der Waals surface area contributed by atoms with Crippen LogP contribution >= 0.6 is 0 Å². The molecule has 10 nitrogen and oxygen atoms in total. The summed E-state index contributed by atoms with van der Waals surface area (Å²) < 4.78 is 39.3. The van der Waals surface area contributed by atoms with E-state index in [1.165, 1.54) is 14.2 Å². The Balaban J connectivity index is 1.42. The van der Waals surface area contributed by atoms with Gasteiger partial charge in [0.15, 0.2) is 11.9 Å². The molecule has 2 saturated heterocycles. The minimum Gasteiger partial charge on any atom is -0.496 e. The normalized spacial score (nSPS) is 23.9. The molecule has 0 aliphatic carbocycles. The Kier molecular flexibility index (Phi) is 6.62. The molecule has 0 radical (unpaired) electrons. The van der Waals surface area contributed by atoms with Gasteiger partial charge in [0, 0.05) is 30.0 Å². The number of hydrogen-bond donors (Lipinski definition) is 0. The molecule has 0 amide bonds. The van der Waals surface area contributed by atoms with Gasteiger partial charge in [-0.15, -0.1) is 0 Å². The van der Waals surface area contributed by atoms with Gasteiger partial charge in [-0.05, 0) is 51.1 Å². The summed E-state index contributed by atoms with van der Waals surface area (Å²) in [7, 11) is 2.99. The Morgan fingerprint density at radius 2 is 1.74 bits per heavy atom. The topological polar surface area (TPSA) is 120 Å². The highest BCUT2D eigenvalue weighted by Gasteiger charge is 2.59. The van der Waals surface area contributed by atoms with Gasteiger partial charge in [0.25, 0.3) is 0 Å². The standard InChI is InChI=1S/C28H28O10/c1-14-19(34-26-23-22(36-27(31)37-23)24(33-5)28(2,3)38-26)11-10-15-12-16(25(30)35-21(14)15)13-18(29)17-8-6-7-9-20(17)32-4/h6-12,22-24,26H,13H2,1-5H3/t22-,23+,24+,26+/m0/s1. The first-order chi connectivity index (χ1) is 18.1. The number of para-hydroxylation sites is 1. The average molecular weight is 525 g/mol. The zero-order chi connectivity index (χ0) is 27.2. The van der Waals surface area contributed by atoms with Gasteiger partial charge in [-0.2, -0.15) is 0 Å². The van der Waals surface area contributed by atoms with Crippen LogP contribution in [0.5, 0.6) is 11.5 Å². The second kappa shape index (κ2) is 9.77. The van der Waals surface area contributed by atoms with Crippen molar-refractivity contribution in [2.45, 2.75) is 57.4 Å². The summed E-state index contributed by atoms with van der Waals surface area (Å²) in [4.78, 5) is 37.6. The van der Waals surface area contributed by atoms with Crippen molar-refractivity contribution in [1.29, 1.82) is 0 Å². The zero-order valence-corrected chi connectivity index (χ0v) is 21.6. The molecule has 2 aliphatic heterocycles. The van der Waals surface area contributed by atoms with Gasteiger partial charge in [-0.25, -0.2) is 9.59 Å². The van der Waals surface area contributed by atoms with E-state index in [1.54, 1.807) is 63.2 Å². The second-order valence-corrected chi connectivity index (χ2v) is 9.75. The fourth-order valence-corrected chi connectivity index (χ4v) is 5.03. The van der Waals surface area contributed by atoms with Crippen molar-refractivity contribution in [3.05, 3.63) is 69.6 Å². The molecule has 2 aliphatic rings. The predicted molar refractivity (Wildman–Crippen MR) is 134 cm³/mol. The molecule has 200 valence electrons. The molecule has 0 unspecified atom stereocenters. The fourth-order valence-electron chi connectivity index (χ4n) is 5.03. The fraction of sp³-hybridized carbons (Fsp3) is 0.393. The maximum atomic E-state index is 12.9. The smallest absolute Gasteiger partial charge is 0.496 e. The summed E-state index contributed by atoms with van der Waals surface area (Å²) in [5, 5.41) is 0.620. The molecule has 0 bridgehead atoms. The highest BCUT2D eigenvalue weighted by Crippen LogP contribution is 2.39. The first-order valence-electron chi connectivity index (χ1n) is 12.1. The molecule has 2 fully saturated rings. The number of rotatable bonds is 7. The van der Waals surface area contributed by atoms with E-state index in [9.17, 15) is 14.4 Å². The van der Waals surface area contributed by atoms with Crippen LogP contribution in [0.25, 0.3) is 11.0 Å². The molecule has 5 rings (SSSR count). The first-order valence-corrected chi connectivity index (χ1v) is 12.1. The van der Waals surface area contributed by atoms with Gasteiger partial charge >= 0.3 is 11.8 Å². The molecule has 10 heteroatoms.